The molecule has 4 heterocycles. The van der Waals surface area contributed by atoms with E-state index in [1.54, 1.807) is 10.7 Å². The Kier molecular flexibility index (Phi) is 5.93. The topological polar surface area (TPSA) is 79.7 Å². The number of carbonyl (C=O) groups excluding carboxylic acids is 2. The van der Waals surface area contributed by atoms with Crippen LogP contribution in [-0.4, -0.2) is 63.3 Å². The first-order chi connectivity index (χ1) is 16.2. The molecular weight excluding hydrogens is 475 g/mol. The predicted molar refractivity (Wildman–Crippen MR) is 115 cm³/mol. The Morgan fingerprint density at radius 2 is 1.82 bits per heavy atom. The molecular formula is C22H23ClF3N5O3. The molecule has 2 fully saturated rings. The monoisotopic (exact) mass is 497 g/mol. The normalized spacial score (nSPS) is 22.0. The molecule has 1 N–H and O–H groups in total. The first kappa shape index (κ1) is 23.0. The van der Waals surface area contributed by atoms with E-state index in [1.807, 2.05) is 4.90 Å². The Bertz CT molecular complexity index is 1110. The maximum atomic E-state index is 13.0. The summed E-state index contributed by atoms with van der Waals surface area (Å²) in [7, 11) is 0. The number of benzene rings is 1. The van der Waals surface area contributed by atoms with Gasteiger partial charge in [0.15, 0.2) is 5.69 Å². The highest BCUT2D eigenvalue weighted by Crippen LogP contribution is 2.32. The summed E-state index contributed by atoms with van der Waals surface area (Å²) in [6.45, 7) is 1.87. The Labute approximate surface area is 198 Å². The van der Waals surface area contributed by atoms with E-state index in [4.69, 9.17) is 16.3 Å². The summed E-state index contributed by atoms with van der Waals surface area (Å²) in [5.41, 5.74) is 0.299. The minimum absolute atomic E-state index is 0.0857. The number of ether oxygens (including phenoxy) is 1. The lowest BCUT2D eigenvalue weighted by Gasteiger charge is -2.32. The maximum absolute atomic E-state index is 13.0. The molecule has 0 saturated carbocycles. The van der Waals surface area contributed by atoms with Crippen LogP contribution in [0.15, 0.2) is 24.3 Å². The summed E-state index contributed by atoms with van der Waals surface area (Å²) in [6.07, 6.45) is -3.07. The third kappa shape index (κ3) is 4.72. The minimum atomic E-state index is -4.55. The lowest BCUT2D eigenvalue weighted by atomic mass is 10.1. The first-order valence-electron chi connectivity index (χ1n) is 11.1. The molecule has 0 aliphatic carbocycles. The third-order valence-electron chi connectivity index (χ3n) is 6.43. The number of aromatic nitrogens is 2. The second-order valence-corrected chi connectivity index (χ2v) is 9.35. The van der Waals surface area contributed by atoms with Crippen molar-refractivity contribution < 1.29 is 27.5 Å². The number of amides is 2. The van der Waals surface area contributed by atoms with Crippen molar-refractivity contribution in [1.82, 2.24) is 24.9 Å². The van der Waals surface area contributed by atoms with Crippen molar-refractivity contribution in [2.45, 2.75) is 50.8 Å². The van der Waals surface area contributed by atoms with Crippen LogP contribution in [-0.2, 0) is 30.6 Å². The van der Waals surface area contributed by atoms with Gasteiger partial charge in [-0.25, -0.2) is 4.79 Å². The summed E-state index contributed by atoms with van der Waals surface area (Å²) in [4.78, 5) is 28.8. The molecule has 3 aliphatic rings. The smallest absolute Gasteiger partial charge is 0.416 e. The van der Waals surface area contributed by atoms with Crippen LogP contribution in [0, 0.1) is 0 Å². The quantitative estimate of drug-likeness (QED) is 0.704. The molecule has 2 saturated heterocycles. The molecule has 0 spiro atoms. The van der Waals surface area contributed by atoms with Crippen molar-refractivity contribution in [2.24, 2.45) is 0 Å². The van der Waals surface area contributed by atoms with Gasteiger partial charge < -0.3 is 19.9 Å². The zero-order valence-electron chi connectivity index (χ0n) is 18.1. The van der Waals surface area contributed by atoms with Crippen molar-refractivity contribution in [1.29, 1.82) is 0 Å². The number of halogens is 4. The van der Waals surface area contributed by atoms with Crippen LogP contribution < -0.4 is 5.32 Å². The molecule has 2 atom stereocenters. The maximum Gasteiger partial charge on any atom is 0.416 e. The number of carbonyl (C=O) groups is 2. The van der Waals surface area contributed by atoms with Gasteiger partial charge in [0.2, 0.25) is 0 Å². The average molecular weight is 498 g/mol. The Hall–Kier alpha value is -2.79. The molecule has 12 heteroatoms. The number of likely N-dealkylation sites (tertiary alicyclic amines) is 1. The molecule has 2 unspecified atom stereocenters. The second-order valence-electron chi connectivity index (χ2n) is 8.91. The van der Waals surface area contributed by atoms with Gasteiger partial charge in [-0.15, -0.1) is 0 Å². The predicted octanol–water partition coefficient (Wildman–Crippen LogP) is 3.28. The van der Waals surface area contributed by atoms with Crippen LogP contribution in [0.2, 0.25) is 5.02 Å². The summed E-state index contributed by atoms with van der Waals surface area (Å²) < 4.78 is 45.9. The third-order valence-corrected chi connectivity index (χ3v) is 6.64. The molecule has 8 nitrogen and oxygen atoms in total. The van der Waals surface area contributed by atoms with E-state index in [-0.39, 0.29) is 29.6 Å². The van der Waals surface area contributed by atoms with Gasteiger partial charge in [0.05, 0.1) is 24.3 Å². The summed E-state index contributed by atoms with van der Waals surface area (Å²) in [5, 5.41) is 7.84. The number of nitrogens with zero attached hydrogens (tertiary/aromatic N) is 4. The summed E-state index contributed by atoms with van der Waals surface area (Å²) in [6, 6.07) is 5.41. The Morgan fingerprint density at radius 1 is 1.09 bits per heavy atom. The highest BCUT2D eigenvalue weighted by Gasteiger charge is 2.36. The van der Waals surface area contributed by atoms with Crippen LogP contribution in [0.25, 0.3) is 0 Å². The lowest BCUT2D eigenvalue weighted by Crippen LogP contribution is -2.53. The minimum Gasteiger partial charge on any atom is -0.445 e. The van der Waals surface area contributed by atoms with Crippen LogP contribution in [0.1, 0.15) is 40.2 Å². The van der Waals surface area contributed by atoms with E-state index < -0.39 is 17.8 Å². The van der Waals surface area contributed by atoms with Crippen molar-refractivity contribution >= 4 is 23.6 Å². The van der Waals surface area contributed by atoms with Crippen molar-refractivity contribution in [3.05, 3.63) is 51.8 Å². The van der Waals surface area contributed by atoms with Gasteiger partial charge >= 0.3 is 12.3 Å². The van der Waals surface area contributed by atoms with E-state index in [0.29, 0.717) is 49.7 Å². The van der Waals surface area contributed by atoms with Crippen molar-refractivity contribution in [3.8, 4) is 0 Å². The van der Waals surface area contributed by atoms with E-state index in [0.717, 1.165) is 25.0 Å². The highest BCUT2D eigenvalue weighted by molar-refractivity contribution is 6.30. The molecule has 2 amide bonds. The number of rotatable bonds is 3. The molecule has 34 heavy (non-hydrogen) atoms. The van der Waals surface area contributed by atoms with Crippen molar-refractivity contribution in [3.63, 3.8) is 0 Å². The molecule has 3 aliphatic heterocycles. The van der Waals surface area contributed by atoms with Crippen LogP contribution in [0.5, 0.6) is 0 Å². The zero-order valence-corrected chi connectivity index (χ0v) is 18.9. The van der Waals surface area contributed by atoms with E-state index >= 15 is 0 Å². The number of nitrogens with one attached hydrogen (secondary N) is 1. The molecule has 2 bridgehead atoms. The van der Waals surface area contributed by atoms with Crippen LogP contribution in [0.3, 0.4) is 0 Å². The van der Waals surface area contributed by atoms with Gasteiger partial charge in [-0.2, -0.15) is 18.3 Å². The van der Waals surface area contributed by atoms with Crippen LogP contribution >= 0.6 is 11.6 Å². The number of hydrogen-bond acceptors (Lipinski definition) is 5. The second kappa shape index (κ2) is 8.77. The first-order valence-corrected chi connectivity index (χ1v) is 11.4. The van der Waals surface area contributed by atoms with E-state index in [2.05, 4.69) is 10.4 Å². The summed E-state index contributed by atoms with van der Waals surface area (Å²) in [5.74, 6) is -0.115. The Balaban J connectivity index is 1.20. The molecule has 2 aromatic rings. The van der Waals surface area contributed by atoms with Gasteiger partial charge in [-0.1, -0.05) is 11.6 Å². The van der Waals surface area contributed by atoms with Crippen molar-refractivity contribution in [2.75, 3.05) is 19.6 Å². The van der Waals surface area contributed by atoms with Gasteiger partial charge in [-0.05, 0) is 42.7 Å². The Morgan fingerprint density at radius 3 is 2.53 bits per heavy atom. The number of hydrogen-bond donors (Lipinski definition) is 1. The fraction of sp³-hybridized carbons (Fsp3) is 0.500. The number of alkyl halides is 3. The largest absolute Gasteiger partial charge is 0.445 e. The average Bonchev–Trinajstić information content (AvgIpc) is 3.37. The van der Waals surface area contributed by atoms with Gasteiger partial charge in [-0.3, -0.25) is 9.48 Å². The van der Waals surface area contributed by atoms with E-state index in [1.165, 1.54) is 11.0 Å². The van der Waals surface area contributed by atoms with Gasteiger partial charge in [0.1, 0.15) is 6.61 Å². The fourth-order valence-corrected chi connectivity index (χ4v) is 5.04. The zero-order chi connectivity index (χ0) is 24.0. The number of fused-ring (bicyclic) bond motifs is 3. The standard InChI is InChI=1S/C22H23ClF3N5O3/c23-15-6-13(5-14(7-15)22(24,25)26)12-34-21(33)29-3-4-31-18(11-29)8-19(28-31)20(32)30-9-16-1-2-17(10-30)27-16/h5-8,16-17,27H,1-4,9-12H2. The molecule has 182 valence electrons. The SMILES string of the molecule is O=C(OCc1cc(Cl)cc(C(F)(F)F)c1)N1CCn2nc(C(=O)N3CC4CCC(C3)N4)cc2C1. The van der Waals surface area contributed by atoms with Gasteiger partial charge in [0, 0.05) is 36.7 Å². The highest BCUT2D eigenvalue weighted by atomic mass is 35.5. The molecule has 1 aromatic heterocycles. The van der Waals surface area contributed by atoms with Crippen LogP contribution in [0.4, 0.5) is 18.0 Å². The molecule has 0 radical (unpaired) electrons. The number of piperazine rings is 1. The van der Waals surface area contributed by atoms with E-state index in [9.17, 15) is 22.8 Å². The molecule has 1 aromatic carbocycles. The summed E-state index contributed by atoms with van der Waals surface area (Å²) >= 11 is 5.78. The lowest BCUT2D eigenvalue weighted by molar-refractivity contribution is -0.137. The van der Waals surface area contributed by atoms with Gasteiger partial charge in [0.25, 0.3) is 5.91 Å². The fourth-order valence-electron chi connectivity index (χ4n) is 4.79. The molecule has 5 rings (SSSR count).